The second kappa shape index (κ2) is 20.4. The number of alkyl halides is 6. The van der Waals surface area contributed by atoms with E-state index in [1.807, 2.05) is 10.3 Å². The molecule has 2 fully saturated rings. The van der Waals surface area contributed by atoms with E-state index >= 15 is 4.39 Å². The van der Waals surface area contributed by atoms with Crippen molar-refractivity contribution >= 4 is 50.7 Å². The molecule has 6 rings (SSSR count). The molecule has 24 heteroatoms. The van der Waals surface area contributed by atoms with Gasteiger partial charge in [-0.25, -0.2) is 23.4 Å². The summed E-state index contributed by atoms with van der Waals surface area (Å²) in [6, 6.07) is 5.75. The van der Waals surface area contributed by atoms with E-state index in [-0.39, 0.29) is 53.0 Å². The molecule has 336 valence electrons. The van der Waals surface area contributed by atoms with E-state index in [4.69, 9.17) is 24.5 Å². The van der Waals surface area contributed by atoms with E-state index in [0.717, 1.165) is 16.3 Å². The highest BCUT2D eigenvalue weighted by Crippen LogP contribution is 2.33. The Morgan fingerprint density at radius 3 is 2.20 bits per heavy atom. The molecule has 2 aliphatic rings. The number of H-pyrrole nitrogens is 1. The van der Waals surface area contributed by atoms with Gasteiger partial charge < -0.3 is 40.4 Å². The molecule has 2 aromatic carbocycles. The number of hydrogen-bond acceptors (Lipinski definition) is 12. The summed E-state index contributed by atoms with van der Waals surface area (Å²) in [4.78, 5) is 53.5. The largest absolute Gasteiger partial charge is 0.506 e. The molecule has 0 bridgehead atoms. The van der Waals surface area contributed by atoms with Crippen LogP contribution in [0.4, 0.5) is 35.1 Å². The molecule has 61 heavy (non-hydrogen) atoms. The minimum absolute atomic E-state index is 0.0127. The van der Waals surface area contributed by atoms with Crippen LogP contribution in [0, 0.1) is 11.6 Å². The number of morpholine rings is 1. The van der Waals surface area contributed by atoms with Gasteiger partial charge in [-0.05, 0) is 37.9 Å². The number of ether oxygens (including phenoxy) is 1. The number of rotatable bonds is 10. The summed E-state index contributed by atoms with van der Waals surface area (Å²) in [5.41, 5.74) is 1.19. The van der Waals surface area contributed by atoms with Gasteiger partial charge in [-0.2, -0.15) is 26.3 Å². The smallest absolute Gasteiger partial charge is 0.490 e. The lowest BCUT2D eigenvalue weighted by Crippen LogP contribution is -2.58. The number of benzene rings is 2. The van der Waals surface area contributed by atoms with E-state index < -0.39 is 47.6 Å². The van der Waals surface area contributed by atoms with Crippen molar-refractivity contribution in [1.82, 2.24) is 25.1 Å². The van der Waals surface area contributed by atoms with Crippen LogP contribution in [-0.4, -0.2) is 122 Å². The van der Waals surface area contributed by atoms with Crippen LogP contribution in [0.25, 0.3) is 10.2 Å². The van der Waals surface area contributed by atoms with Crippen LogP contribution in [0.1, 0.15) is 70.9 Å². The number of aromatic hydroxyl groups is 1. The summed E-state index contributed by atoms with van der Waals surface area (Å²) >= 11 is 2.41. The Labute approximate surface area is 349 Å². The zero-order valence-electron chi connectivity index (χ0n) is 32.3. The van der Waals surface area contributed by atoms with Crippen LogP contribution in [0.5, 0.6) is 5.75 Å². The van der Waals surface area contributed by atoms with Crippen molar-refractivity contribution in [3.63, 3.8) is 0 Å². The van der Waals surface area contributed by atoms with Crippen molar-refractivity contribution in [2.24, 2.45) is 0 Å². The predicted octanol–water partition coefficient (Wildman–Crippen LogP) is 5.79. The number of nitrogens with zero attached hydrogens (tertiary/aromatic N) is 3. The van der Waals surface area contributed by atoms with Gasteiger partial charge >= 0.3 is 29.2 Å². The number of halogens is 8. The first-order valence-electron chi connectivity index (χ1n) is 18.3. The fourth-order valence-corrected chi connectivity index (χ4v) is 8.08. The van der Waals surface area contributed by atoms with Crippen molar-refractivity contribution in [3.8, 4) is 5.75 Å². The number of phenolic OH excluding ortho intramolecular Hbond substituents is 1. The van der Waals surface area contributed by atoms with Crippen LogP contribution < -0.4 is 10.2 Å². The molecule has 0 aliphatic carbocycles. The predicted molar refractivity (Wildman–Crippen MR) is 205 cm³/mol. The molecular weight excluding hydrogens is 875 g/mol. The van der Waals surface area contributed by atoms with Gasteiger partial charge in [-0.15, -0.1) is 11.3 Å². The Hall–Kier alpha value is -4.75. The second-order valence-electron chi connectivity index (χ2n) is 14.2. The number of carboxylic acid groups (broad SMARTS) is 2. The Kier molecular flexibility index (Phi) is 16.4. The lowest BCUT2D eigenvalue weighted by molar-refractivity contribution is -0.193. The number of aliphatic hydroxyl groups excluding tert-OH is 1. The number of hydrogen-bond donors (Lipinski definition) is 6. The van der Waals surface area contributed by atoms with Gasteiger partial charge in [0.15, 0.2) is 0 Å². The molecule has 4 aromatic rings. The standard InChI is InChI=1S/C33H39F2N5O5S2.2C2HF3O2/c1-19(2)30-37-24(17-46-30)31(43)40-13-14-45-33(18-40)8-11-39(12-9-33)16-20-3-5-23(34)21(27(20)35)7-10-36-15-26(42)22-4-6-25(41)28-29(22)47-32(44)38-28;2*3-2(4,5)1(6)7/h3-6,17,19,26,36,41-42H,7-16,18H2,1-2H3,(H,38,44);2*(H,6,7)/t26-;;/m0../s1. The van der Waals surface area contributed by atoms with Crippen LogP contribution in [0.3, 0.4) is 0 Å². The number of aromatic nitrogens is 2. The molecule has 2 aromatic heterocycles. The van der Waals surface area contributed by atoms with Gasteiger partial charge in [0.05, 0.1) is 34.6 Å². The van der Waals surface area contributed by atoms with Crippen molar-refractivity contribution in [2.75, 3.05) is 45.9 Å². The number of carbonyl (C=O) groups excluding carboxylic acids is 1. The summed E-state index contributed by atoms with van der Waals surface area (Å²) in [5.74, 6) is -6.58. The Morgan fingerprint density at radius 1 is 1.00 bits per heavy atom. The lowest BCUT2D eigenvalue weighted by Gasteiger charge is -2.47. The zero-order valence-corrected chi connectivity index (χ0v) is 34.0. The average Bonchev–Trinajstić information content (AvgIpc) is 3.84. The topological polar surface area (TPSA) is 206 Å². The van der Waals surface area contributed by atoms with E-state index in [2.05, 4.69) is 34.0 Å². The van der Waals surface area contributed by atoms with Crippen LogP contribution in [0.15, 0.2) is 34.4 Å². The summed E-state index contributed by atoms with van der Waals surface area (Å²) in [5, 5.41) is 40.8. The fourth-order valence-electron chi connectivity index (χ4n) is 6.35. The van der Waals surface area contributed by atoms with Crippen LogP contribution in [0.2, 0.25) is 0 Å². The third kappa shape index (κ3) is 13.1. The van der Waals surface area contributed by atoms with E-state index in [0.29, 0.717) is 73.7 Å². The number of aromatic amines is 1. The minimum atomic E-state index is -5.08. The number of carbonyl (C=O) groups is 3. The molecule has 1 spiro atoms. The molecular formula is C37H41F8N5O9S2. The number of likely N-dealkylation sites (tertiary alicyclic amines) is 1. The van der Waals surface area contributed by atoms with Gasteiger partial charge in [-0.1, -0.05) is 37.3 Å². The maximum atomic E-state index is 15.6. The van der Waals surface area contributed by atoms with E-state index in [1.54, 1.807) is 6.07 Å². The van der Waals surface area contributed by atoms with Gasteiger partial charge in [-0.3, -0.25) is 14.5 Å². The Balaban J connectivity index is 0.000000504. The number of aliphatic carboxylic acids is 2. The SMILES string of the molecule is CC(C)c1nc(C(=O)N2CCOC3(CCN(Cc4ccc(F)c(CCNC[C@H](O)c5ccc(O)c6[nH]c(=O)sc56)c4F)CC3)C2)cs1.O=C(O)C(F)(F)F.O=C(O)C(F)(F)F. The molecule has 1 amide bonds. The average molecular weight is 916 g/mol. The Morgan fingerprint density at radius 2 is 1.62 bits per heavy atom. The minimum Gasteiger partial charge on any atom is -0.506 e. The molecule has 6 N–H and O–H groups in total. The maximum absolute atomic E-state index is 15.6. The number of amides is 1. The normalized spacial score (nSPS) is 16.2. The number of nitrogens with one attached hydrogen (secondary N) is 2. The number of phenols is 1. The van der Waals surface area contributed by atoms with Crippen molar-refractivity contribution in [1.29, 1.82) is 0 Å². The zero-order chi connectivity index (χ0) is 45.4. The van der Waals surface area contributed by atoms with Gasteiger partial charge in [0.2, 0.25) is 0 Å². The molecule has 2 saturated heterocycles. The van der Waals surface area contributed by atoms with Crippen molar-refractivity contribution < 1.29 is 74.7 Å². The Bertz CT molecular complexity index is 2200. The molecule has 0 radical (unpaired) electrons. The van der Waals surface area contributed by atoms with Crippen molar-refractivity contribution in [3.05, 3.63) is 78.3 Å². The highest BCUT2D eigenvalue weighted by Gasteiger charge is 2.42. The first-order chi connectivity index (χ1) is 28.4. The maximum Gasteiger partial charge on any atom is 0.490 e. The summed E-state index contributed by atoms with van der Waals surface area (Å²) < 4.78 is 100. The van der Waals surface area contributed by atoms with Crippen LogP contribution in [-0.2, 0) is 27.3 Å². The van der Waals surface area contributed by atoms with Gasteiger partial charge in [0.1, 0.15) is 28.6 Å². The van der Waals surface area contributed by atoms with Gasteiger partial charge in [0.25, 0.3) is 5.91 Å². The molecule has 0 unspecified atom stereocenters. The first kappa shape index (κ1) is 48.9. The molecule has 1 atom stereocenters. The lowest BCUT2D eigenvalue weighted by atomic mass is 9.89. The van der Waals surface area contributed by atoms with E-state index in [1.165, 1.54) is 29.5 Å². The highest BCUT2D eigenvalue weighted by molar-refractivity contribution is 7.16. The number of fused-ring (bicyclic) bond motifs is 1. The fraction of sp³-hybridized carbons (Fsp3) is 0.486. The second-order valence-corrected chi connectivity index (χ2v) is 16.1. The monoisotopic (exact) mass is 915 g/mol. The number of carboxylic acids is 2. The third-order valence-corrected chi connectivity index (χ3v) is 11.6. The summed E-state index contributed by atoms with van der Waals surface area (Å²) in [6.45, 7) is 7.55. The number of thiazole rings is 2. The number of aliphatic hydroxyl groups is 1. The molecule has 4 heterocycles. The molecule has 14 nitrogen and oxygen atoms in total. The quantitative estimate of drug-likeness (QED) is 0.0827. The molecule has 2 aliphatic heterocycles. The number of piperidine rings is 1. The first-order valence-corrected chi connectivity index (χ1v) is 20.0. The highest BCUT2D eigenvalue weighted by atomic mass is 32.1. The van der Waals surface area contributed by atoms with E-state index in [9.17, 15) is 50.5 Å². The van der Waals surface area contributed by atoms with Gasteiger partial charge in [0, 0.05) is 60.7 Å². The summed E-state index contributed by atoms with van der Waals surface area (Å²) in [7, 11) is 0. The van der Waals surface area contributed by atoms with Crippen LogP contribution >= 0.6 is 22.7 Å². The third-order valence-electron chi connectivity index (χ3n) is 9.52. The molecule has 0 saturated carbocycles. The summed E-state index contributed by atoms with van der Waals surface area (Å²) in [6.07, 6.45) is -9.68. The van der Waals surface area contributed by atoms with Crippen molar-refractivity contribution in [2.45, 2.75) is 69.6 Å².